The summed E-state index contributed by atoms with van der Waals surface area (Å²) >= 11 is 0. The zero-order chi connectivity index (χ0) is 39.1. The molecule has 0 spiro atoms. The van der Waals surface area contributed by atoms with Gasteiger partial charge in [-0.3, -0.25) is 0 Å². The molecule has 14 rings (SSSR count). The van der Waals surface area contributed by atoms with Gasteiger partial charge >= 0.3 is 0 Å². The van der Waals surface area contributed by atoms with Crippen LogP contribution < -0.4 is 0 Å². The van der Waals surface area contributed by atoms with Crippen molar-refractivity contribution in [2.45, 2.75) is 6.54 Å². The maximum Gasteiger partial charge on any atom is 0.0494 e. The number of rotatable bonds is 4. The molecule has 13 aromatic carbocycles. The molecule has 0 radical (unpaired) electrons. The fraction of sp³-hybridized carbons (Fsp3) is 0.0169. The highest BCUT2D eigenvalue weighted by atomic mass is 15.0. The Morgan fingerprint density at radius 2 is 0.767 bits per heavy atom. The lowest BCUT2D eigenvalue weighted by molar-refractivity contribution is 0.870. The molecule has 0 saturated carbocycles. The van der Waals surface area contributed by atoms with E-state index >= 15 is 0 Å². The first-order valence-electron chi connectivity index (χ1n) is 21.1. The average Bonchev–Trinajstić information content (AvgIpc) is 3.93. The third-order valence-electron chi connectivity index (χ3n) is 13.7. The van der Waals surface area contributed by atoms with Gasteiger partial charge in [0.1, 0.15) is 0 Å². The molecule has 1 aromatic heterocycles. The summed E-state index contributed by atoms with van der Waals surface area (Å²) in [5, 5.41) is 23.8. The Labute approximate surface area is 345 Å². The number of aromatic nitrogens is 1. The van der Waals surface area contributed by atoms with E-state index in [1.165, 1.54) is 136 Å². The van der Waals surface area contributed by atoms with Gasteiger partial charge in [-0.05, 0) is 144 Å². The monoisotopic (exact) mass is 757 g/mol. The van der Waals surface area contributed by atoms with E-state index in [0.29, 0.717) is 0 Å². The number of hydrogen-bond acceptors (Lipinski definition) is 0. The predicted molar refractivity (Wildman–Crippen MR) is 258 cm³/mol. The highest BCUT2D eigenvalue weighted by molar-refractivity contribution is 6.46. The fourth-order valence-corrected chi connectivity index (χ4v) is 11.3. The van der Waals surface area contributed by atoms with E-state index in [1.807, 2.05) is 0 Å². The summed E-state index contributed by atoms with van der Waals surface area (Å²) in [6.45, 7) is 0.797. The standard InChI is InChI=1S/C59H35N/c1-3-15-36(16-4-1)53-50-33-48-41-20-8-7-19-40(41)45-24-14-25-46(55(45)48)57(50)54(37-17-5-2-6-18-37)59-49-32-38-31-35(29-30-39(38)44-23-13-26-47(56(44)49)58(53)59)34-60-51-27-11-9-21-42(51)43-22-10-12-28-52(43)60/h1-33H,34H2. The molecular formula is C59H35N. The van der Waals surface area contributed by atoms with Gasteiger partial charge in [0, 0.05) is 28.4 Å². The van der Waals surface area contributed by atoms with E-state index < -0.39 is 0 Å². The van der Waals surface area contributed by atoms with Crippen LogP contribution in [0.4, 0.5) is 0 Å². The lowest BCUT2D eigenvalue weighted by atomic mass is 9.84. The maximum atomic E-state index is 2.53. The van der Waals surface area contributed by atoms with Crippen molar-refractivity contribution in [3.8, 4) is 22.3 Å². The highest BCUT2D eigenvalue weighted by Gasteiger charge is 2.27. The van der Waals surface area contributed by atoms with Crippen LogP contribution in [-0.4, -0.2) is 4.57 Å². The van der Waals surface area contributed by atoms with E-state index in [2.05, 4.69) is 205 Å². The molecule has 1 heteroatoms. The second kappa shape index (κ2) is 11.9. The average molecular weight is 758 g/mol. The highest BCUT2D eigenvalue weighted by Crippen LogP contribution is 2.55. The molecule has 0 bridgehead atoms. The summed E-state index contributed by atoms with van der Waals surface area (Å²) in [6, 6.07) is 75.2. The molecular weight excluding hydrogens is 723 g/mol. The summed E-state index contributed by atoms with van der Waals surface area (Å²) in [4.78, 5) is 0. The minimum Gasteiger partial charge on any atom is -0.336 e. The smallest absolute Gasteiger partial charge is 0.0494 e. The second-order valence-corrected chi connectivity index (χ2v) is 16.7. The first kappa shape index (κ1) is 32.2. The Kier molecular flexibility index (Phi) is 6.40. The summed E-state index contributed by atoms with van der Waals surface area (Å²) < 4.78 is 2.49. The maximum absolute atomic E-state index is 2.53. The van der Waals surface area contributed by atoms with Crippen LogP contribution in [0.5, 0.6) is 0 Å². The molecule has 1 nitrogen and oxygen atoms in total. The molecule has 14 aromatic rings. The van der Waals surface area contributed by atoms with Crippen LogP contribution in [0.15, 0.2) is 200 Å². The van der Waals surface area contributed by atoms with Crippen LogP contribution >= 0.6 is 0 Å². The zero-order valence-electron chi connectivity index (χ0n) is 32.7. The van der Waals surface area contributed by atoms with Gasteiger partial charge in [-0.1, -0.05) is 170 Å². The third kappa shape index (κ3) is 4.21. The van der Waals surface area contributed by atoms with Crippen LogP contribution in [0.1, 0.15) is 5.56 Å². The molecule has 0 saturated heterocycles. The molecule has 0 amide bonds. The minimum absolute atomic E-state index is 0.797. The molecule has 0 fully saturated rings. The molecule has 0 aliphatic heterocycles. The molecule has 1 heterocycles. The number of para-hydroxylation sites is 2. The topological polar surface area (TPSA) is 4.93 Å². The Hall–Kier alpha value is -7.74. The normalized spacial score (nSPS) is 12.4. The minimum atomic E-state index is 0.797. The summed E-state index contributed by atoms with van der Waals surface area (Å²) in [7, 11) is 0. The molecule has 0 N–H and O–H groups in total. The Balaban J connectivity index is 1.16. The molecule has 0 aliphatic rings. The third-order valence-corrected chi connectivity index (χ3v) is 13.7. The second-order valence-electron chi connectivity index (χ2n) is 16.7. The molecule has 0 unspecified atom stereocenters. The van der Waals surface area contributed by atoms with E-state index in [4.69, 9.17) is 0 Å². The van der Waals surface area contributed by atoms with E-state index in [0.717, 1.165) is 6.54 Å². The van der Waals surface area contributed by atoms with Crippen molar-refractivity contribution in [1.82, 2.24) is 4.57 Å². The van der Waals surface area contributed by atoms with Crippen LogP contribution in [0, 0.1) is 0 Å². The summed E-state index contributed by atoms with van der Waals surface area (Å²) in [5.41, 5.74) is 8.96. The predicted octanol–water partition coefficient (Wildman–Crippen LogP) is 16.3. The van der Waals surface area contributed by atoms with E-state index in [9.17, 15) is 0 Å². The van der Waals surface area contributed by atoms with Gasteiger partial charge in [0.15, 0.2) is 0 Å². The first-order valence-corrected chi connectivity index (χ1v) is 21.1. The van der Waals surface area contributed by atoms with Crippen molar-refractivity contribution < 1.29 is 0 Å². The largest absolute Gasteiger partial charge is 0.336 e. The quantitative estimate of drug-likeness (QED) is 0.158. The van der Waals surface area contributed by atoms with Crippen LogP contribution in [-0.2, 0) is 6.54 Å². The zero-order valence-corrected chi connectivity index (χ0v) is 32.7. The lowest BCUT2D eigenvalue weighted by Crippen LogP contribution is -1.99. The van der Waals surface area contributed by atoms with Gasteiger partial charge in [-0.2, -0.15) is 0 Å². The van der Waals surface area contributed by atoms with Gasteiger partial charge < -0.3 is 4.57 Å². The fourth-order valence-electron chi connectivity index (χ4n) is 11.3. The van der Waals surface area contributed by atoms with Crippen LogP contribution in [0.25, 0.3) is 130 Å². The Morgan fingerprint density at radius 3 is 1.45 bits per heavy atom. The van der Waals surface area contributed by atoms with Gasteiger partial charge in [0.2, 0.25) is 0 Å². The number of fused-ring (bicyclic) bond motifs is 13. The van der Waals surface area contributed by atoms with Crippen molar-refractivity contribution in [3.63, 3.8) is 0 Å². The molecule has 276 valence electrons. The van der Waals surface area contributed by atoms with Crippen LogP contribution in [0.2, 0.25) is 0 Å². The van der Waals surface area contributed by atoms with E-state index in [-0.39, 0.29) is 0 Å². The van der Waals surface area contributed by atoms with Gasteiger partial charge in [-0.15, -0.1) is 0 Å². The van der Waals surface area contributed by atoms with Crippen molar-refractivity contribution >= 4 is 108 Å². The molecule has 0 atom stereocenters. The first-order chi connectivity index (χ1) is 29.8. The molecule has 60 heavy (non-hydrogen) atoms. The number of nitrogens with zero attached hydrogens (tertiary/aromatic N) is 1. The Morgan fingerprint density at radius 1 is 0.267 bits per heavy atom. The number of hydrogen-bond donors (Lipinski definition) is 0. The lowest BCUT2D eigenvalue weighted by Gasteiger charge is -2.19. The Bertz CT molecular complexity index is 4010. The van der Waals surface area contributed by atoms with Gasteiger partial charge in [-0.25, -0.2) is 0 Å². The van der Waals surface area contributed by atoms with Gasteiger partial charge in [0.25, 0.3) is 0 Å². The van der Waals surface area contributed by atoms with Crippen molar-refractivity contribution in [3.05, 3.63) is 206 Å². The summed E-state index contributed by atoms with van der Waals surface area (Å²) in [5.74, 6) is 0. The van der Waals surface area contributed by atoms with E-state index in [1.54, 1.807) is 0 Å². The SMILES string of the molecule is c1ccc(-c2c3cc4c5ccccc5c5cccc(c3c(-c3ccccc3)c3c6cc7cc(Cn8c9ccccc9c9ccccc98)ccc7c7cccc(c23)c76)c54)cc1. The van der Waals surface area contributed by atoms with Crippen molar-refractivity contribution in [1.29, 1.82) is 0 Å². The van der Waals surface area contributed by atoms with Gasteiger partial charge in [0.05, 0.1) is 0 Å². The molecule has 0 aliphatic carbocycles. The van der Waals surface area contributed by atoms with Crippen molar-refractivity contribution in [2.24, 2.45) is 0 Å². The summed E-state index contributed by atoms with van der Waals surface area (Å²) in [6.07, 6.45) is 0. The van der Waals surface area contributed by atoms with Crippen LogP contribution in [0.3, 0.4) is 0 Å². The number of benzene rings is 11. The van der Waals surface area contributed by atoms with Crippen molar-refractivity contribution in [2.75, 3.05) is 0 Å².